The van der Waals surface area contributed by atoms with Gasteiger partial charge in [0.05, 0.1) is 38.5 Å². The number of hydrogen-bond donors (Lipinski definition) is 1. The summed E-state index contributed by atoms with van der Waals surface area (Å²) in [4.78, 5) is 12.4. The van der Waals surface area contributed by atoms with E-state index in [1.54, 1.807) is 49.6 Å². The molecule has 0 aliphatic carbocycles. The zero-order chi connectivity index (χ0) is 23.0. The average Bonchev–Trinajstić information content (AvgIpc) is 2.83. The van der Waals surface area contributed by atoms with Crippen LogP contribution in [0.2, 0.25) is 0 Å². The van der Waals surface area contributed by atoms with E-state index in [1.165, 1.54) is 17.6 Å². The summed E-state index contributed by atoms with van der Waals surface area (Å²) in [5.74, 6) is 0.843. The van der Waals surface area contributed by atoms with E-state index in [0.717, 1.165) is 5.56 Å². The summed E-state index contributed by atoms with van der Waals surface area (Å²) in [6.07, 6.45) is 2.16. The number of carbonyl (C=O) groups is 1. The smallest absolute Gasteiger partial charge is 0.243 e. The molecule has 2 aromatic rings. The normalized spacial score (nSPS) is 14.9. The van der Waals surface area contributed by atoms with Crippen molar-refractivity contribution in [1.29, 1.82) is 0 Å². The quantitative estimate of drug-likeness (QED) is 0.451. The second-order valence-electron chi connectivity index (χ2n) is 7.04. The van der Waals surface area contributed by atoms with Crippen molar-refractivity contribution in [2.45, 2.75) is 17.7 Å². The largest absolute Gasteiger partial charge is 0.493 e. The molecule has 1 N–H and O–H groups in total. The third-order valence-corrected chi connectivity index (χ3v) is 6.91. The number of rotatable bonds is 9. The van der Waals surface area contributed by atoms with E-state index in [-0.39, 0.29) is 17.2 Å². The van der Waals surface area contributed by atoms with Gasteiger partial charge in [-0.3, -0.25) is 4.79 Å². The Morgan fingerprint density at radius 1 is 1.12 bits per heavy atom. The monoisotopic (exact) mass is 461 g/mol. The van der Waals surface area contributed by atoms with Gasteiger partial charge in [0, 0.05) is 25.1 Å². The van der Waals surface area contributed by atoms with E-state index in [9.17, 15) is 13.2 Å². The molecule has 0 atom stereocenters. The summed E-state index contributed by atoms with van der Waals surface area (Å²) < 4.78 is 42.5. The third-order valence-electron chi connectivity index (χ3n) is 5.00. The summed E-state index contributed by atoms with van der Waals surface area (Å²) in [7, 11) is -0.444. The number of aryl methyl sites for hydroxylation is 1. The Bertz CT molecular complexity index is 1050. The van der Waals surface area contributed by atoms with Crippen molar-refractivity contribution >= 4 is 22.1 Å². The molecule has 0 radical (unpaired) electrons. The number of para-hydroxylation sites is 1. The van der Waals surface area contributed by atoms with Crippen molar-refractivity contribution in [2.75, 3.05) is 40.5 Å². The molecule has 10 heteroatoms. The Labute approximate surface area is 188 Å². The van der Waals surface area contributed by atoms with Gasteiger partial charge >= 0.3 is 0 Å². The van der Waals surface area contributed by atoms with Crippen LogP contribution >= 0.6 is 0 Å². The number of amides is 1. The fraction of sp³-hybridized carbons (Fsp3) is 0.364. The van der Waals surface area contributed by atoms with Crippen molar-refractivity contribution in [3.8, 4) is 11.5 Å². The highest BCUT2D eigenvalue weighted by Crippen LogP contribution is 2.29. The highest BCUT2D eigenvalue weighted by molar-refractivity contribution is 7.89. The van der Waals surface area contributed by atoms with Gasteiger partial charge < -0.3 is 14.2 Å². The van der Waals surface area contributed by atoms with E-state index in [1.807, 2.05) is 0 Å². The Hall–Kier alpha value is -2.95. The minimum atomic E-state index is -3.52. The molecule has 172 valence electrons. The fourth-order valence-corrected chi connectivity index (χ4v) is 4.67. The molecule has 1 aliphatic rings. The second kappa shape index (κ2) is 11.1. The topological polar surface area (TPSA) is 107 Å². The maximum Gasteiger partial charge on any atom is 0.243 e. The lowest BCUT2D eigenvalue weighted by Gasteiger charge is -2.26. The van der Waals surface area contributed by atoms with Gasteiger partial charge in [-0.05, 0) is 36.2 Å². The first-order chi connectivity index (χ1) is 15.5. The molecule has 0 unspecified atom stereocenters. The van der Waals surface area contributed by atoms with Gasteiger partial charge in [-0.1, -0.05) is 18.2 Å². The van der Waals surface area contributed by atoms with Crippen LogP contribution < -0.4 is 14.9 Å². The average molecular weight is 462 g/mol. The molecular formula is C22H27N3O6S. The summed E-state index contributed by atoms with van der Waals surface area (Å²) in [6, 6.07) is 12.0. The number of hydrazone groups is 1. The highest BCUT2D eigenvalue weighted by atomic mass is 32.2. The lowest BCUT2D eigenvalue weighted by atomic mass is 10.1. The number of ether oxygens (including phenoxy) is 3. The molecule has 1 aliphatic heterocycles. The fourth-order valence-electron chi connectivity index (χ4n) is 3.27. The molecular weight excluding hydrogens is 434 g/mol. The maximum atomic E-state index is 12.7. The maximum absolute atomic E-state index is 12.7. The predicted molar refractivity (Wildman–Crippen MR) is 120 cm³/mol. The van der Waals surface area contributed by atoms with Crippen LogP contribution in [-0.4, -0.2) is 65.4 Å². The SMILES string of the molecule is COc1cccc(/C=N/NC(=O)CCc2ccc(S(=O)(=O)N3CCOCC3)cc2)c1OC. The molecule has 0 saturated carbocycles. The van der Waals surface area contributed by atoms with Crippen molar-refractivity contribution in [1.82, 2.24) is 9.73 Å². The molecule has 0 bridgehead atoms. The van der Waals surface area contributed by atoms with Gasteiger partial charge in [-0.25, -0.2) is 13.8 Å². The molecule has 9 nitrogen and oxygen atoms in total. The lowest BCUT2D eigenvalue weighted by Crippen LogP contribution is -2.40. The molecule has 2 aromatic carbocycles. The first-order valence-electron chi connectivity index (χ1n) is 10.2. The molecule has 0 aromatic heterocycles. The lowest BCUT2D eigenvalue weighted by molar-refractivity contribution is -0.121. The molecule has 0 spiro atoms. The van der Waals surface area contributed by atoms with Crippen LogP contribution in [0.4, 0.5) is 0 Å². The van der Waals surface area contributed by atoms with Gasteiger partial charge in [0.15, 0.2) is 11.5 Å². The predicted octanol–water partition coefficient (Wildman–Crippen LogP) is 1.81. The van der Waals surface area contributed by atoms with Gasteiger partial charge in [-0.15, -0.1) is 0 Å². The number of sulfonamides is 1. The van der Waals surface area contributed by atoms with Crippen molar-refractivity contribution in [2.24, 2.45) is 5.10 Å². The number of nitrogens with zero attached hydrogens (tertiary/aromatic N) is 2. The molecule has 1 saturated heterocycles. The number of benzene rings is 2. The summed E-state index contributed by atoms with van der Waals surface area (Å²) >= 11 is 0. The van der Waals surface area contributed by atoms with Crippen LogP contribution in [-0.2, 0) is 26.0 Å². The van der Waals surface area contributed by atoms with Crippen molar-refractivity contribution in [3.63, 3.8) is 0 Å². The van der Waals surface area contributed by atoms with Gasteiger partial charge in [0.25, 0.3) is 0 Å². The molecule has 1 fully saturated rings. The van der Waals surface area contributed by atoms with Crippen LogP contribution in [0.3, 0.4) is 0 Å². The van der Waals surface area contributed by atoms with Crippen LogP contribution in [0, 0.1) is 0 Å². The molecule has 3 rings (SSSR count). The zero-order valence-corrected chi connectivity index (χ0v) is 18.9. The van der Waals surface area contributed by atoms with Gasteiger partial charge in [-0.2, -0.15) is 9.41 Å². The summed E-state index contributed by atoms with van der Waals surface area (Å²) in [6.45, 7) is 1.51. The number of morpholine rings is 1. The Kier molecular flexibility index (Phi) is 8.20. The molecule has 1 heterocycles. The second-order valence-corrected chi connectivity index (χ2v) is 8.97. The highest BCUT2D eigenvalue weighted by Gasteiger charge is 2.26. The number of carbonyl (C=O) groups excluding carboxylic acids is 1. The van der Waals surface area contributed by atoms with Crippen LogP contribution in [0.5, 0.6) is 11.5 Å². The molecule has 1 amide bonds. The van der Waals surface area contributed by atoms with Crippen LogP contribution in [0.15, 0.2) is 52.5 Å². The third kappa shape index (κ3) is 5.84. The van der Waals surface area contributed by atoms with E-state index in [2.05, 4.69) is 10.5 Å². The minimum absolute atomic E-state index is 0.210. The number of nitrogens with one attached hydrogen (secondary N) is 1. The standard InChI is InChI=1S/C22H27N3O6S/c1-29-20-5-3-4-18(22(20)30-2)16-23-24-21(26)11-8-17-6-9-19(10-7-17)32(27,28)25-12-14-31-15-13-25/h3-7,9-10,16H,8,11-15H2,1-2H3,(H,24,26)/b23-16+. The first-order valence-corrected chi connectivity index (χ1v) is 11.6. The minimum Gasteiger partial charge on any atom is -0.493 e. The van der Waals surface area contributed by atoms with Gasteiger partial charge in [0.2, 0.25) is 15.9 Å². The van der Waals surface area contributed by atoms with E-state index in [4.69, 9.17) is 14.2 Å². The number of methoxy groups -OCH3 is 2. The summed E-state index contributed by atoms with van der Waals surface area (Å²) in [5.41, 5.74) is 4.02. The van der Waals surface area contributed by atoms with Crippen LogP contribution in [0.25, 0.3) is 0 Å². The van der Waals surface area contributed by atoms with E-state index in [0.29, 0.717) is 49.8 Å². The van der Waals surface area contributed by atoms with E-state index >= 15 is 0 Å². The van der Waals surface area contributed by atoms with Crippen molar-refractivity contribution < 1.29 is 27.4 Å². The Morgan fingerprint density at radius 2 is 1.84 bits per heavy atom. The summed E-state index contributed by atoms with van der Waals surface area (Å²) in [5, 5.41) is 3.98. The van der Waals surface area contributed by atoms with Crippen molar-refractivity contribution in [3.05, 3.63) is 53.6 Å². The Balaban J connectivity index is 1.53. The zero-order valence-electron chi connectivity index (χ0n) is 18.1. The van der Waals surface area contributed by atoms with Crippen LogP contribution in [0.1, 0.15) is 17.5 Å². The first kappa shape index (κ1) is 23.7. The molecule has 32 heavy (non-hydrogen) atoms. The number of hydrogen-bond acceptors (Lipinski definition) is 7. The van der Waals surface area contributed by atoms with Gasteiger partial charge in [0.1, 0.15) is 0 Å². The Morgan fingerprint density at radius 3 is 2.50 bits per heavy atom. The van der Waals surface area contributed by atoms with E-state index < -0.39 is 10.0 Å².